The molecular formula is C48H34N2O. The fourth-order valence-corrected chi connectivity index (χ4v) is 8.71. The van der Waals surface area contributed by atoms with Crippen LogP contribution in [-0.4, -0.2) is 9.13 Å². The third-order valence-corrected chi connectivity index (χ3v) is 11.0. The average Bonchev–Trinajstić information content (AvgIpc) is 3.85. The lowest BCUT2D eigenvalue weighted by molar-refractivity contribution is 0.669. The zero-order valence-electron chi connectivity index (χ0n) is 28.1. The maximum absolute atomic E-state index is 6.30. The van der Waals surface area contributed by atoms with Gasteiger partial charge in [0.15, 0.2) is 0 Å². The molecule has 0 radical (unpaired) electrons. The van der Waals surface area contributed by atoms with Crippen LogP contribution in [0.15, 0.2) is 173 Å². The Morgan fingerprint density at radius 2 is 1.10 bits per heavy atom. The van der Waals surface area contributed by atoms with E-state index in [1.54, 1.807) is 0 Å². The molecule has 0 amide bonds. The van der Waals surface area contributed by atoms with Gasteiger partial charge in [-0.3, -0.25) is 0 Å². The molecule has 3 nitrogen and oxygen atoms in total. The predicted molar refractivity (Wildman–Crippen MR) is 215 cm³/mol. The molecule has 0 aliphatic heterocycles. The highest BCUT2D eigenvalue weighted by Crippen LogP contribution is 2.41. The van der Waals surface area contributed by atoms with Crippen LogP contribution in [0.5, 0.6) is 0 Å². The zero-order valence-corrected chi connectivity index (χ0v) is 28.1. The maximum atomic E-state index is 6.30. The van der Waals surface area contributed by atoms with Gasteiger partial charge >= 0.3 is 0 Å². The molecule has 0 fully saturated rings. The van der Waals surface area contributed by atoms with E-state index in [-0.39, 0.29) is 0 Å². The van der Waals surface area contributed by atoms with Gasteiger partial charge in [0, 0.05) is 32.6 Å². The zero-order chi connectivity index (χ0) is 33.5. The topological polar surface area (TPSA) is 23.0 Å². The van der Waals surface area contributed by atoms with Crippen LogP contribution in [0, 0.1) is 0 Å². The minimum atomic E-state index is 0.905. The second kappa shape index (κ2) is 11.1. The van der Waals surface area contributed by atoms with Crippen LogP contribution < -0.4 is 0 Å². The first kappa shape index (κ1) is 28.5. The lowest BCUT2D eigenvalue weighted by Crippen LogP contribution is -2.02. The van der Waals surface area contributed by atoms with Crippen molar-refractivity contribution in [3.63, 3.8) is 0 Å². The SMILES string of the molecule is C1=CC(C2=CCCC(n3c4ccccc4c4cc(-c5ccc6c(c5)c5ccccc5n6-c5cccc6oc7ccccc7c56)ccc43)=C2)=CCC1. The smallest absolute Gasteiger partial charge is 0.137 e. The second-order valence-electron chi connectivity index (χ2n) is 13.9. The third-order valence-electron chi connectivity index (χ3n) is 11.0. The number of nitrogens with zero attached hydrogens (tertiary/aromatic N) is 2. The molecule has 2 aliphatic carbocycles. The second-order valence-corrected chi connectivity index (χ2v) is 13.9. The van der Waals surface area contributed by atoms with E-state index in [4.69, 9.17) is 4.42 Å². The first-order valence-corrected chi connectivity index (χ1v) is 18.1. The summed E-state index contributed by atoms with van der Waals surface area (Å²) >= 11 is 0. The Bertz CT molecular complexity index is 3020. The minimum absolute atomic E-state index is 0.905. The molecule has 11 rings (SSSR count). The largest absolute Gasteiger partial charge is 0.456 e. The number of allylic oxidation sites excluding steroid dienone is 8. The van der Waals surface area contributed by atoms with Crippen LogP contribution in [0.1, 0.15) is 25.7 Å². The molecule has 3 heterocycles. The van der Waals surface area contributed by atoms with Crippen molar-refractivity contribution >= 4 is 71.2 Å². The summed E-state index contributed by atoms with van der Waals surface area (Å²) in [6.07, 6.45) is 16.1. The van der Waals surface area contributed by atoms with Gasteiger partial charge in [-0.15, -0.1) is 0 Å². The van der Waals surface area contributed by atoms with E-state index >= 15 is 0 Å². The highest BCUT2D eigenvalue weighted by atomic mass is 16.3. The molecule has 9 aromatic rings. The number of hydrogen-bond donors (Lipinski definition) is 0. The summed E-state index contributed by atoms with van der Waals surface area (Å²) < 4.78 is 11.2. The fraction of sp³-hybridized carbons (Fsp3) is 0.0833. The number of fused-ring (bicyclic) bond motifs is 9. The minimum Gasteiger partial charge on any atom is -0.456 e. The van der Waals surface area contributed by atoms with E-state index in [2.05, 4.69) is 161 Å². The van der Waals surface area contributed by atoms with Crippen molar-refractivity contribution in [1.82, 2.24) is 9.13 Å². The fourth-order valence-electron chi connectivity index (χ4n) is 8.71. The molecule has 0 spiro atoms. The van der Waals surface area contributed by atoms with Crippen LogP contribution in [0.25, 0.3) is 88.1 Å². The first-order valence-electron chi connectivity index (χ1n) is 18.1. The van der Waals surface area contributed by atoms with Crippen molar-refractivity contribution in [1.29, 1.82) is 0 Å². The van der Waals surface area contributed by atoms with Gasteiger partial charge in [0.05, 0.1) is 33.1 Å². The molecule has 242 valence electrons. The Hall–Kier alpha value is -6.32. The van der Waals surface area contributed by atoms with Gasteiger partial charge in [-0.2, -0.15) is 0 Å². The normalized spacial score (nSPS) is 15.0. The van der Waals surface area contributed by atoms with Crippen LogP contribution in [0.4, 0.5) is 0 Å². The summed E-state index contributed by atoms with van der Waals surface area (Å²) in [5.74, 6) is 0. The maximum Gasteiger partial charge on any atom is 0.137 e. The number of para-hydroxylation sites is 3. The van der Waals surface area contributed by atoms with E-state index in [0.717, 1.165) is 53.3 Å². The van der Waals surface area contributed by atoms with E-state index in [1.807, 2.05) is 6.07 Å². The number of aromatic nitrogens is 2. The molecule has 0 saturated carbocycles. The van der Waals surface area contributed by atoms with Gasteiger partial charge in [-0.1, -0.05) is 97.1 Å². The number of rotatable bonds is 4. The number of benzene rings is 6. The van der Waals surface area contributed by atoms with Crippen molar-refractivity contribution in [2.24, 2.45) is 0 Å². The monoisotopic (exact) mass is 654 g/mol. The highest BCUT2D eigenvalue weighted by Gasteiger charge is 2.20. The molecule has 0 N–H and O–H groups in total. The molecule has 0 saturated heterocycles. The Morgan fingerprint density at radius 1 is 0.471 bits per heavy atom. The molecule has 0 atom stereocenters. The average molecular weight is 655 g/mol. The molecule has 6 aromatic carbocycles. The standard InChI is InChI=1S/C48H34N2O/c1-2-12-31(13-3-1)32-14-10-15-35(28-32)49-41-19-7-4-16-36(41)39-29-33(24-26-43(39)49)34-25-27-44-40(30-34)37-17-5-8-20-42(37)50(44)45-21-11-23-47-48(45)38-18-6-9-22-46(38)51-47/h2,4-9,11-14,16-30H,1,3,10,15H2. The molecule has 3 aromatic heterocycles. The van der Waals surface area contributed by atoms with Gasteiger partial charge in [0.1, 0.15) is 11.2 Å². The van der Waals surface area contributed by atoms with Gasteiger partial charge < -0.3 is 13.6 Å². The lowest BCUT2D eigenvalue weighted by Gasteiger charge is -2.19. The molecule has 0 bridgehead atoms. The van der Waals surface area contributed by atoms with Crippen LogP contribution >= 0.6 is 0 Å². The van der Waals surface area contributed by atoms with Gasteiger partial charge in [0.2, 0.25) is 0 Å². The van der Waals surface area contributed by atoms with Gasteiger partial charge in [0.25, 0.3) is 0 Å². The highest BCUT2D eigenvalue weighted by molar-refractivity contribution is 6.15. The Labute approximate surface area is 295 Å². The number of furan rings is 1. The lowest BCUT2D eigenvalue weighted by atomic mass is 9.94. The van der Waals surface area contributed by atoms with Crippen molar-refractivity contribution in [2.75, 3.05) is 0 Å². The molecule has 3 heteroatoms. The number of hydrogen-bond acceptors (Lipinski definition) is 1. The van der Waals surface area contributed by atoms with Crippen LogP contribution in [-0.2, 0) is 0 Å². The van der Waals surface area contributed by atoms with Crippen molar-refractivity contribution in [3.05, 3.63) is 169 Å². The van der Waals surface area contributed by atoms with E-state index < -0.39 is 0 Å². The van der Waals surface area contributed by atoms with E-state index in [1.165, 1.54) is 71.6 Å². The summed E-state index contributed by atoms with van der Waals surface area (Å²) in [5, 5.41) is 7.35. The van der Waals surface area contributed by atoms with Crippen molar-refractivity contribution in [2.45, 2.75) is 25.7 Å². The molecule has 2 aliphatic rings. The summed E-state index contributed by atoms with van der Waals surface area (Å²) in [6, 6.07) is 46.4. The Balaban J connectivity index is 1.08. The summed E-state index contributed by atoms with van der Waals surface area (Å²) in [6.45, 7) is 0. The quantitative estimate of drug-likeness (QED) is 0.185. The third kappa shape index (κ3) is 4.31. The molecular weight excluding hydrogens is 621 g/mol. The van der Waals surface area contributed by atoms with Crippen molar-refractivity contribution in [3.8, 4) is 16.8 Å². The van der Waals surface area contributed by atoms with Crippen LogP contribution in [0.2, 0.25) is 0 Å². The van der Waals surface area contributed by atoms with Crippen LogP contribution in [0.3, 0.4) is 0 Å². The van der Waals surface area contributed by atoms with Gasteiger partial charge in [-0.05, 0) is 109 Å². The Kier molecular flexibility index (Phi) is 6.20. The molecule has 0 unspecified atom stereocenters. The van der Waals surface area contributed by atoms with E-state index in [9.17, 15) is 0 Å². The summed E-state index contributed by atoms with van der Waals surface area (Å²) in [4.78, 5) is 0. The Morgan fingerprint density at radius 3 is 1.84 bits per heavy atom. The van der Waals surface area contributed by atoms with Crippen molar-refractivity contribution < 1.29 is 4.42 Å². The molecule has 51 heavy (non-hydrogen) atoms. The van der Waals surface area contributed by atoms with Gasteiger partial charge in [-0.25, -0.2) is 0 Å². The van der Waals surface area contributed by atoms with E-state index in [0.29, 0.717) is 0 Å². The first-order chi connectivity index (χ1) is 25.3. The summed E-state index contributed by atoms with van der Waals surface area (Å²) in [7, 11) is 0. The summed E-state index contributed by atoms with van der Waals surface area (Å²) in [5.41, 5.74) is 14.4. The predicted octanol–water partition coefficient (Wildman–Crippen LogP) is 13.3.